The molecule has 0 aliphatic carbocycles. The van der Waals surface area contributed by atoms with Crippen LogP contribution in [0.1, 0.15) is 0 Å². The molecule has 4 heterocycles. The topological polar surface area (TPSA) is 201 Å². The van der Waals surface area contributed by atoms with Crippen LogP contribution in [0.2, 0.25) is 0 Å². The molecule has 193 valence electrons. The van der Waals surface area contributed by atoms with Gasteiger partial charge in [0.05, 0.1) is 0 Å². The molecule has 0 spiro atoms. The van der Waals surface area contributed by atoms with Crippen molar-refractivity contribution in [1.82, 2.24) is 19.9 Å². The van der Waals surface area contributed by atoms with E-state index in [0.717, 1.165) is 0 Å². The van der Waals surface area contributed by atoms with Gasteiger partial charge in [-0.3, -0.25) is 19.9 Å². The standard InChI is InChI=1S/4C5H5N.Co.2Cr.4H2O.4O/c4*1-2-4-6-5-3-1;;;;;;;;;;;/h4*1-5H;;;;4*1H2;;;;/q;;;;;2*+2;;;;;;;;/p-4. The molecule has 0 unspecified atom stereocenters. The smallest absolute Gasteiger partial charge is 0.0267 e. The van der Waals surface area contributed by atoms with Crippen molar-refractivity contribution in [3.63, 3.8) is 0 Å². The summed E-state index contributed by atoms with van der Waals surface area (Å²) in [7, 11) is 0. The van der Waals surface area contributed by atoms with E-state index >= 15 is 0 Å². The summed E-state index contributed by atoms with van der Waals surface area (Å²) in [5.74, 6) is 0. The second-order valence-corrected chi connectivity index (χ2v) is 7.79. The van der Waals surface area contributed by atoms with Gasteiger partial charge in [-0.15, -0.1) is 0 Å². The fraction of sp³-hybridized carbons (Fsp3) is 0. The summed E-state index contributed by atoms with van der Waals surface area (Å²) < 4.78 is 63.8. The van der Waals surface area contributed by atoms with Gasteiger partial charge >= 0.3 is 59.1 Å². The van der Waals surface area contributed by atoms with Crippen LogP contribution in [-0.2, 0) is 59.2 Å². The Hall–Kier alpha value is -2.79. The third kappa shape index (κ3) is 59.2. The van der Waals surface area contributed by atoms with Gasteiger partial charge in [-0.25, -0.2) is 0 Å². The zero-order valence-electron chi connectivity index (χ0n) is 17.9. The molecule has 1 radical (unpaired) electrons. The van der Waals surface area contributed by atoms with Crippen molar-refractivity contribution in [2.24, 2.45) is 0 Å². The summed E-state index contributed by atoms with van der Waals surface area (Å²) in [5.41, 5.74) is 0. The van der Waals surface area contributed by atoms with E-state index in [4.69, 9.17) is 31.8 Å². The SMILES string of the molecule is [Co].[O]=[Cr](=[O])([OH])[OH].[O]=[Cr](=[O])([OH])[OH].c1ccncc1.c1ccncc1.c1ccncc1.c1ccncc1. The second kappa shape index (κ2) is 25.8. The maximum absolute atomic E-state index is 8.82. The summed E-state index contributed by atoms with van der Waals surface area (Å²) >= 11 is -10.5. The second-order valence-electron chi connectivity index (χ2n) is 4.99. The Labute approximate surface area is 217 Å². The van der Waals surface area contributed by atoms with Crippen molar-refractivity contribution in [2.75, 3.05) is 0 Å². The first-order valence-electron chi connectivity index (χ1n) is 8.80. The minimum absolute atomic E-state index is 0. The summed E-state index contributed by atoms with van der Waals surface area (Å²) in [6.07, 6.45) is 14.0. The third-order valence-electron chi connectivity index (χ3n) is 2.27. The van der Waals surface area contributed by atoms with Crippen LogP contribution in [0.15, 0.2) is 122 Å². The van der Waals surface area contributed by atoms with Crippen molar-refractivity contribution < 1.29 is 75.9 Å². The maximum Gasteiger partial charge on any atom is 0.0267 e. The van der Waals surface area contributed by atoms with E-state index < -0.39 is 27.2 Å². The summed E-state index contributed by atoms with van der Waals surface area (Å²) in [4.78, 5) is 15.1. The van der Waals surface area contributed by atoms with Crippen LogP contribution >= 0.6 is 0 Å². The van der Waals surface area contributed by atoms with Crippen LogP contribution in [0.5, 0.6) is 0 Å². The first kappa shape index (κ1) is 36.8. The predicted molar refractivity (Wildman–Crippen MR) is 109 cm³/mol. The van der Waals surface area contributed by atoms with Gasteiger partial charge in [0.25, 0.3) is 0 Å². The van der Waals surface area contributed by atoms with Gasteiger partial charge in [-0.1, -0.05) is 24.3 Å². The normalized spacial score (nSPS) is 8.80. The molecule has 0 fully saturated rings. The fourth-order valence-corrected chi connectivity index (χ4v) is 1.25. The molecular weight excluding hydrogens is 587 g/mol. The van der Waals surface area contributed by atoms with Crippen molar-refractivity contribution in [1.29, 1.82) is 0 Å². The Morgan fingerprint density at radius 1 is 0.343 bits per heavy atom. The fourth-order valence-electron chi connectivity index (χ4n) is 1.25. The molecular formula is C20H24CoCr2N4O8. The molecule has 15 heteroatoms. The van der Waals surface area contributed by atoms with E-state index in [1.54, 1.807) is 49.6 Å². The summed E-state index contributed by atoms with van der Waals surface area (Å²) in [5, 5.41) is 0. The molecule has 0 aliphatic rings. The minimum atomic E-state index is -5.25. The zero-order chi connectivity index (χ0) is 26.0. The molecule has 12 nitrogen and oxygen atoms in total. The van der Waals surface area contributed by atoms with Crippen LogP contribution in [0, 0.1) is 0 Å². The largest absolute Gasteiger partial charge is 0.265 e. The number of rotatable bonds is 0. The molecule has 0 saturated carbocycles. The van der Waals surface area contributed by atoms with Gasteiger partial charge in [0.15, 0.2) is 0 Å². The molecule has 0 saturated heterocycles. The number of pyridine rings is 4. The van der Waals surface area contributed by atoms with Gasteiger partial charge in [-0.05, 0) is 48.5 Å². The van der Waals surface area contributed by atoms with Gasteiger partial charge < -0.3 is 0 Å². The maximum atomic E-state index is 8.82. The van der Waals surface area contributed by atoms with Crippen molar-refractivity contribution in [2.45, 2.75) is 0 Å². The zero-order valence-corrected chi connectivity index (χ0v) is 21.5. The van der Waals surface area contributed by atoms with Gasteiger partial charge in [0.1, 0.15) is 0 Å². The average molecular weight is 611 g/mol. The molecule has 4 aromatic heterocycles. The summed E-state index contributed by atoms with van der Waals surface area (Å²) in [6.45, 7) is 0. The van der Waals surface area contributed by atoms with Crippen molar-refractivity contribution in [3.8, 4) is 0 Å². The van der Waals surface area contributed by atoms with Crippen LogP contribution in [0.3, 0.4) is 0 Å². The van der Waals surface area contributed by atoms with Gasteiger partial charge in [0, 0.05) is 66.4 Å². The third-order valence-corrected chi connectivity index (χ3v) is 2.27. The quantitative estimate of drug-likeness (QED) is 0.224. The van der Waals surface area contributed by atoms with Crippen LogP contribution in [0.4, 0.5) is 0 Å². The Morgan fingerprint density at radius 2 is 0.457 bits per heavy atom. The number of aromatic nitrogens is 4. The Kier molecular flexibility index (Phi) is 27.1. The molecule has 4 rings (SSSR count). The van der Waals surface area contributed by atoms with Crippen LogP contribution in [-0.4, -0.2) is 36.6 Å². The van der Waals surface area contributed by atoms with Crippen LogP contribution in [0.25, 0.3) is 0 Å². The van der Waals surface area contributed by atoms with E-state index in [1.807, 2.05) is 72.8 Å². The number of hydrogen-bond acceptors (Lipinski definition) is 8. The van der Waals surface area contributed by atoms with Gasteiger partial charge in [-0.2, -0.15) is 0 Å². The minimum Gasteiger partial charge on any atom is -0.265 e. The molecule has 0 atom stereocenters. The predicted octanol–water partition coefficient (Wildman–Crippen LogP) is 1.62. The Morgan fingerprint density at radius 3 is 0.486 bits per heavy atom. The monoisotopic (exact) mass is 611 g/mol. The van der Waals surface area contributed by atoms with E-state index in [9.17, 15) is 0 Å². The average Bonchev–Trinajstić information content (AvgIpc) is 2.83. The molecule has 4 N–H and O–H groups in total. The molecule has 35 heavy (non-hydrogen) atoms. The molecule has 0 bridgehead atoms. The van der Waals surface area contributed by atoms with E-state index in [2.05, 4.69) is 19.9 Å². The van der Waals surface area contributed by atoms with Gasteiger partial charge in [0.2, 0.25) is 0 Å². The van der Waals surface area contributed by atoms with E-state index in [-0.39, 0.29) is 16.8 Å². The summed E-state index contributed by atoms with van der Waals surface area (Å²) in [6, 6.07) is 22.9. The number of nitrogens with zero attached hydrogens (tertiary/aromatic N) is 4. The molecule has 0 amide bonds. The first-order valence-corrected chi connectivity index (χ1v) is 13.2. The number of hydrogen-bond donors (Lipinski definition) is 4. The Balaban J connectivity index is -0.000000350. The molecule has 4 aromatic rings. The Bertz CT molecular complexity index is 838. The van der Waals surface area contributed by atoms with Crippen molar-refractivity contribution >= 4 is 0 Å². The van der Waals surface area contributed by atoms with Crippen molar-refractivity contribution in [3.05, 3.63) is 122 Å². The van der Waals surface area contributed by atoms with E-state index in [1.165, 1.54) is 0 Å². The first-order chi connectivity index (χ1) is 16.0. The van der Waals surface area contributed by atoms with Crippen LogP contribution < -0.4 is 0 Å². The molecule has 0 aromatic carbocycles. The van der Waals surface area contributed by atoms with E-state index in [0.29, 0.717) is 0 Å². The molecule has 0 aliphatic heterocycles.